The summed E-state index contributed by atoms with van der Waals surface area (Å²) in [6.45, 7) is 4.17. The van der Waals surface area contributed by atoms with Gasteiger partial charge in [-0.3, -0.25) is 14.4 Å². The van der Waals surface area contributed by atoms with Crippen molar-refractivity contribution in [3.63, 3.8) is 0 Å². The molecule has 1 saturated heterocycles. The second-order valence-electron chi connectivity index (χ2n) is 6.34. The molecule has 0 aliphatic carbocycles. The summed E-state index contributed by atoms with van der Waals surface area (Å²) in [5.74, 6) is 0.524. The molecule has 4 rings (SSSR count). The van der Waals surface area contributed by atoms with Crippen molar-refractivity contribution < 1.29 is 4.79 Å². The van der Waals surface area contributed by atoms with Crippen LogP contribution in [-0.4, -0.2) is 67.4 Å². The number of halogens is 1. The molecule has 142 valence electrons. The van der Waals surface area contributed by atoms with Crippen LogP contribution in [0.3, 0.4) is 0 Å². The summed E-state index contributed by atoms with van der Waals surface area (Å²) in [6.07, 6.45) is 3.27. The third-order valence-corrected chi connectivity index (χ3v) is 6.76. The van der Waals surface area contributed by atoms with Crippen LogP contribution < -0.4 is 0 Å². The molecule has 1 aliphatic heterocycles. The lowest BCUT2D eigenvalue weighted by atomic mass is 10.3. The molecule has 0 N–H and O–H groups in total. The molecule has 1 aliphatic rings. The van der Waals surface area contributed by atoms with E-state index in [0.29, 0.717) is 5.75 Å². The number of hydrogen-bond donors (Lipinski definition) is 0. The molecule has 1 amide bonds. The monoisotopic (exact) mass is 422 g/mol. The molecule has 0 saturated carbocycles. The van der Waals surface area contributed by atoms with Gasteiger partial charge in [-0.05, 0) is 12.1 Å². The first-order valence-electron chi connectivity index (χ1n) is 8.60. The lowest BCUT2D eigenvalue weighted by molar-refractivity contribution is -0.130. The summed E-state index contributed by atoms with van der Waals surface area (Å²) in [5, 5.41) is 5.90. The summed E-state index contributed by atoms with van der Waals surface area (Å²) in [4.78, 5) is 26.7. The zero-order chi connectivity index (χ0) is 18.8. The molecular weight excluding hydrogens is 404 g/mol. The van der Waals surface area contributed by atoms with Crippen LogP contribution in [0.5, 0.6) is 0 Å². The largest absolute Gasteiger partial charge is 0.339 e. The first-order valence-corrected chi connectivity index (χ1v) is 10.8. The minimum Gasteiger partial charge on any atom is -0.339 e. The van der Waals surface area contributed by atoms with Crippen LogP contribution in [0.1, 0.15) is 4.88 Å². The van der Waals surface area contributed by atoms with E-state index in [9.17, 15) is 4.79 Å². The zero-order valence-electron chi connectivity index (χ0n) is 14.8. The number of thiophene rings is 1. The Kier molecular flexibility index (Phi) is 5.63. The molecule has 27 heavy (non-hydrogen) atoms. The maximum Gasteiger partial charge on any atom is 0.233 e. The Morgan fingerprint density at radius 1 is 1.26 bits per heavy atom. The van der Waals surface area contributed by atoms with Gasteiger partial charge in [0.2, 0.25) is 5.91 Å². The molecule has 0 radical (unpaired) electrons. The Morgan fingerprint density at radius 3 is 2.81 bits per heavy atom. The minimum absolute atomic E-state index is 0.148. The van der Waals surface area contributed by atoms with Crippen molar-refractivity contribution in [2.75, 3.05) is 31.9 Å². The maximum absolute atomic E-state index is 12.6. The number of hydrogen-bond acceptors (Lipinski definition) is 7. The van der Waals surface area contributed by atoms with E-state index < -0.39 is 0 Å². The highest BCUT2D eigenvalue weighted by Crippen LogP contribution is 2.25. The summed E-state index contributed by atoms with van der Waals surface area (Å²) < 4.78 is 2.53. The Hall–Kier alpha value is -1.68. The summed E-state index contributed by atoms with van der Waals surface area (Å²) in [7, 11) is 1.85. The SMILES string of the molecule is Cn1ncc2c(SCC(=O)N3CCN(Cc4ccc(Cl)s4)CC3)ncnc21. The normalized spacial score (nSPS) is 15.6. The summed E-state index contributed by atoms with van der Waals surface area (Å²) in [6, 6.07) is 4.01. The van der Waals surface area contributed by atoms with E-state index in [2.05, 4.69) is 26.0 Å². The van der Waals surface area contributed by atoms with E-state index in [-0.39, 0.29) is 5.91 Å². The van der Waals surface area contributed by atoms with Crippen molar-refractivity contribution in [3.8, 4) is 0 Å². The first-order chi connectivity index (χ1) is 13.1. The van der Waals surface area contributed by atoms with Gasteiger partial charge in [0.25, 0.3) is 0 Å². The van der Waals surface area contributed by atoms with Gasteiger partial charge in [0.15, 0.2) is 5.65 Å². The fourth-order valence-electron chi connectivity index (χ4n) is 3.09. The molecule has 4 heterocycles. The number of piperazine rings is 1. The molecule has 10 heteroatoms. The number of carbonyl (C=O) groups is 1. The molecule has 0 unspecified atom stereocenters. The standard InChI is InChI=1S/C17H19ClN6OS2/c1-22-16-13(8-21-22)17(20-11-19-16)26-10-15(25)24-6-4-23(5-7-24)9-12-2-3-14(18)27-12/h2-3,8,11H,4-7,9-10H2,1H3. The second-order valence-corrected chi connectivity index (χ2v) is 9.10. The van der Waals surface area contributed by atoms with Crippen molar-refractivity contribution in [2.24, 2.45) is 7.05 Å². The number of carbonyl (C=O) groups excluding carboxylic acids is 1. The summed E-state index contributed by atoms with van der Waals surface area (Å²) in [5.41, 5.74) is 0.780. The molecule has 0 bridgehead atoms. The summed E-state index contributed by atoms with van der Waals surface area (Å²) >= 11 is 9.06. The minimum atomic E-state index is 0.148. The predicted octanol–water partition coefficient (Wildman–Crippen LogP) is 2.51. The highest BCUT2D eigenvalue weighted by atomic mass is 35.5. The van der Waals surface area contributed by atoms with Crippen LogP contribution in [-0.2, 0) is 18.4 Å². The van der Waals surface area contributed by atoms with E-state index in [1.807, 2.05) is 18.0 Å². The average Bonchev–Trinajstić information content (AvgIpc) is 3.26. The highest BCUT2D eigenvalue weighted by molar-refractivity contribution is 8.00. The molecule has 0 spiro atoms. The zero-order valence-corrected chi connectivity index (χ0v) is 17.2. The van der Waals surface area contributed by atoms with Gasteiger partial charge in [-0.1, -0.05) is 23.4 Å². The Morgan fingerprint density at radius 2 is 2.07 bits per heavy atom. The van der Waals surface area contributed by atoms with Gasteiger partial charge in [0.1, 0.15) is 11.4 Å². The van der Waals surface area contributed by atoms with E-state index >= 15 is 0 Å². The number of thioether (sulfide) groups is 1. The van der Waals surface area contributed by atoms with Crippen LogP contribution in [0.4, 0.5) is 0 Å². The highest BCUT2D eigenvalue weighted by Gasteiger charge is 2.22. The number of nitrogens with zero attached hydrogens (tertiary/aromatic N) is 6. The lowest BCUT2D eigenvalue weighted by Crippen LogP contribution is -2.48. The Labute approximate surface area is 170 Å². The van der Waals surface area contributed by atoms with Crippen molar-refractivity contribution >= 4 is 51.6 Å². The third kappa shape index (κ3) is 4.26. The van der Waals surface area contributed by atoms with Gasteiger partial charge in [-0.25, -0.2) is 9.97 Å². The third-order valence-electron chi connectivity index (χ3n) is 4.56. The molecule has 3 aromatic rings. The van der Waals surface area contributed by atoms with Crippen LogP contribution in [0.2, 0.25) is 4.34 Å². The van der Waals surface area contributed by atoms with E-state index in [4.69, 9.17) is 11.6 Å². The van der Waals surface area contributed by atoms with Gasteiger partial charge in [-0.2, -0.15) is 5.10 Å². The Balaban J connectivity index is 1.29. The fraction of sp³-hybridized carbons (Fsp3) is 0.412. The van der Waals surface area contributed by atoms with Crippen LogP contribution in [0, 0.1) is 0 Å². The van der Waals surface area contributed by atoms with Gasteiger partial charge >= 0.3 is 0 Å². The van der Waals surface area contributed by atoms with Crippen LogP contribution >= 0.6 is 34.7 Å². The lowest BCUT2D eigenvalue weighted by Gasteiger charge is -2.34. The van der Waals surface area contributed by atoms with Crippen molar-refractivity contribution in [1.82, 2.24) is 29.5 Å². The number of aryl methyl sites for hydroxylation is 1. The molecule has 0 aromatic carbocycles. The predicted molar refractivity (Wildman–Crippen MR) is 108 cm³/mol. The molecule has 1 fully saturated rings. The molecule has 3 aromatic heterocycles. The molecule has 0 atom stereocenters. The topological polar surface area (TPSA) is 67.2 Å². The van der Waals surface area contributed by atoms with Gasteiger partial charge in [0.05, 0.1) is 21.7 Å². The van der Waals surface area contributed by atoms with Crippen molar-refractivity contribution in [2.45, 2.75) is 11.6 Å². The average molecular weight is 423 g/mol. The van der Waals surface area contributed by atoms with E-state index in [1.54, 1.807) is 22.2 Å². The smallest absolute Gasteiger partial charge is 0.233 e. The number of amides is 1. The molecular formula is C17H19ClN6OS2. The van der Waals surface area contributed by atoms with E-state index in [1.165, 1.54) is 23.0 Å². The quantitative estimate of drug-likeness (QED) is 0.465. The van der Waals surface area contributed by atoms with Crippen molar-refractivity contribution in [3.05, 3.63) is 33.9 Å². The van der Waals surface area contributed by atoms with Crippen LogP contribution in [0.25, 0.3) is 11.0 Å². The van der Waals surface area contributed by atoms with Crippen LogP contribution in [0.15, 0.2) is 29.7 Å². The van der Waals surface area contributed by atoms with Gasteiger partial charge in [0, 0.05) is 44.6 Å². The first kappa shape index (κ1) is 18.7. The number of fused-ring (bicyclic) bond motifs is 1. The number of aromatic nitrogens is 4. The Bertz CT molecular complexity index is 950. The fourth-order valence-corrected chi connectivity index (χ4v) is 5.08. The van der Waals surface area contributed by atoms with Crippen molar-refractivity contribution in [1.29, 1.82) is 0 Å². The second kappa shape index (κ2) is 8.14. The maximum atomic E-state index is 12.6. The van der Waals surface area contributed by atoms with E-state index in [0.717, 1.165) is 53.1 Å². The van der Waals surface area contributed by atoms with Gasteiger partial charge in [-0.15, -0.1) is 11.3 Å². The molecule has 7 nitrogen and oxygen atoms in total. The number of rotatable bonds is 5. The van der Waals surface area contributed by atoms with Gasteiger partial charge < -0.3 is 4.90 Å².